The van der Waals surface area contributed by atoms with E-state index in [9.17, 15) is 4.79 Å². The molecule has 0 aliphatic carbocycles. The molecular weight excluding hydrogens is 318 g/mol. The quantitative estimate of drug-likeness (QED) is 0.867. The number of aromatic nitrogens is 3. The van der Waals surface area contributed by atoms with Gasteiger partial charge in [-0.15, -0.1) is 11.3 Å². The van der Waals surface area contributed by atoms with Crippen LogP contribution in [-0.4, -0.2) is 51.5 Å². The molecule has 2 aromatic heterocycles. The molecule has 1 aliphatic rings. The molecule has 118 valence electrons. The number of thiazole rings is 1. The van der Waals surface area contributed by atoms with Crippen LogP contribution in [0.25, 0.3) is 0 Å². The van der Waals surface area contributed by atoms with Crippen LogP contribution in [0.3, 0.4) is 0 Å². The lowest BCUT2D eigenvalue weighted by atomic mass is 10.2. The van der Waals surface area contributed by atoms with E-state index in [1.807, 2.05) is 29.6 Å². The lowest BCUT2D eigenvalue weighted by Gasteiger charge is -2.35. The zero-order valence-corrected chi connectivity index (χ0v) is 14.3. The van der Waals surface area contributed by atoms with E-state index in [4.69, 9.17) is 12.2 Å². The second-order valence-electron chi connectivity index (χ2n) is 5.45. The zero-order chi connectivity index (χ0) is 15.7. The maximum atomic E-state index is 12.4. The first-order valence-electron chi connectivity index (χ1n) is 7.23. The van der Waals surface area contributed by atoms with Gasteiger partial charge in [-0.05, 0) is 19.1 Å². The standard InChI is InChI=1S/C14H19N5OS2/c1-10-11(22-14(21)16-10)9-12(20)18-5-7-19(8-6-18)13-15-3-4-17(13)2/h3-4H,5-9H2,1-2H3,(H,16,21). The van der Waals surface area contributed by atoms with E-state index in [1.54, 1.807) is 6.20 Å². The van der Waals surface area contributed by atoms with Crippen molar-refractivity contribution in [3.05, 3.63) is 26.9 Å². The molecule has 0 atom stereocenters. The van der Waals surface area contributed by atoms with Crippen LogP contribution in [0.2, 0.25) is 0 Å². The fourth-order valence-corrected chi connectivity index (χ4v) is 3.96. The Bertz CT molecular complexity index is 724. The van der Waals surface area contributed by atoms with Crippen molar-refractivity contribution in [3.8, 4) is 0 Å². The number of H-pyrrole nitrogens is 1. The molecule has 1 amide bonds. The van der Waals surface area contributed by atoms with Gasteiger partial charge in [0.25, 0.3) is 0 Å². The number of imidazole rings is 1. The smallest absolute Gasteiger partial charge is 0.228 e. The van der Waals surface area contributed by atoms with Crippen molar-refractivity contribution in [3.63, 3.8) is 0 Å². The summed E-state index contributed by atoms with van der Waals surface area (Å²) in [6.45, 7) is 5.08. The monoisotopic (exact) mass is 337 g/mol. The topological polar surface area (TPSA) is 57.2 Å². The van der Waals surface area contributed by atoms with Crippen LogP contribution in [0.5, 0.6) is 0 Å². The number of rotatable bonds is 3. The minimum atomic E-state index is 0.174. The van der Waals surface area contributed by atoms with E-state index in [1.165, 1.54) is 11.3 Å². The summed E-state index contributed by atoms with van der Waals surface area (Å²) in [5.41, 5.74) is 1.01. The number of aryl methyl sites for hydroxylation is 2. The molecule has 6 nitrogen and oxygen atoms in total. The summed E-state index contributed by atoms with van der Waals surface area (Å²) in [6, 6.07) is 0. The molecule has 0 bridgehead atoms. The van der Waals surface area contributed by atoms with Gasteiger partial charge in [0.1, 0.15) is 0 Å². The van der Waals surface area contributed by atoms with Gasteiger partial charge in [-0.2, -0.15) is 0 Å². The van der Waals surface area contributed by atoms with Gasteiger partial charge in [-0.25, -0.2) is 4.98 Å². The first kappa shape index (κ1) is 15.2. The molecule has 1 fully saturated rings. The van der Waals surface area contributed by atoms with E-state index in [-0.39, 0.29) is 5.91 Å². The number of hydrogen-bond acceptors (Lipinski definition) is 5. The maximum Gasteiger partial charge on any atom is 0.228 e. The lowest BCUT2D eigenvalue weighted by molar-refractivity contribution is -0.130. The van der Waals surface area contributed by atoms with Gasteiger partial charge in [0.05, 0.1) is 6.42 Å². The molecule has 0 aromatic carbocycles. The summed E-state index contributed by atoms with van der Waals surface area (Å²) >= 11 is 6.62. The number of hydrogen-bond donors (Lipinski definition) is 1. The van der Waals surface area contributed by atoms with Crippen LogP contribution < -0.4 is 4.90 Å². The Kier molecular flexibility index (Phi) is 4.30. The predicted molar refractivity (Wildman–Crippen MR) is 89.9 cm³/mol. The molecule has 0 radical (unpaired) electrons. The molecule has 0 spiro atoms. The third kappa shape index (κ3) is 3.07. The molecule has 0 saturated carbocycles. The number of carbonyl (C=O) groups is 1. The van der Waals surface area contributed by atoms with Crippen LogP contribution in [0, 0.1) is 10.9 Å². The summed E-state index contributed by atoms with van der Waals surface area (Å²) in [5, 5.41) is 0. The molecule has 1 N–H and O–H groups in total. The molecule has 22 heavy (non-hydrogen) atoms. The van der Waals surface area contributed by atoms with Gasteiger partial charge in [0, 0.05) is 56.2 Å². The Morgan fingerprint density at radius 1 is 1.41 bits per heavy atom. The number of nitrogens with zero attached hydrogens (tertiary/aromatic N) is 4. The number of carbonyl (C=O) groups excluding carboxylic acids is 1. The Morgan fingerprint density at radius 3 is 2.68 bits per heavy atom. The summed E-state index contributed by atoms with van der Waals surface area (Å²) in [5.74, 6) is 1.14. The number of nitrogens with one attached hydrogen (secondary N) is 1. The molecular formula is C14H19N5OS2. The second-order valence-corrected chi connectivity index (χ2v) is 7.22. The average molecular weight is 337 g/mol. The highest BCUT2D eigenvalue weighted by atomic mass is 32.1. The third-order valence-corrected chi connectivity index (χ3v) is 5.28. The van der Waals surface area contributed by atoms with Crippen molar-refractivity contribution in [2.24, 2.45) is 7.05 Å². The zero-order valence-electron chi connectivity index (χ0n) is 12.7. The van der Waals surface area contributed by atoms with Gasteiger partial charge in [-0.1, -0.05) is 0 Å². The van der Waals surface area contributed by atoms with E-state index >= 15 is 0 Å². The Balaban J connectivity index is 1.59. The fraction of sp³-hybridized carbons (Fsp3) is 0.500. The van der Waals surface area contributed by atoms with Crippen molar-refractivity contribution >= 4 is 35.4 Å². The summed E-state index contributed by atoms with van der Waals surface area (Å²) in [4.78, 5) is 25.1. The van der Waals surface area contributed by atoms with Gasteiger partial charge < -0.3 is 19.4 Å². The number of piperazine rings is 1. The molecule has 3 heterocycles. The molecule has 3 rings (SSSR count). The highest BCUT2D eigenvalue weighted by molar-refractivity contribution is 7.73. The van der Waals surface area contributed by atoms with Gasteiger partial charge in [0.2, 0.25) is 11.9 Å². The second kappa shape index (κ2) is 6.21. The van der Waals surface area contributed by atoms with Crippen molar-refractivity contribution in [2.75, 3.05) is 31.1 Å². The van der Waals surface area contributed by atoms with E-state index in [0.717, 1.165) is 46.7 Å². The normalized spacial score (nSPS) is 15.4. The average Bonchev–Trinajstić information content (AvgIpc) is 3.05. The van der Waals surface area contributed by atoms with E-state index < -0.39 is 0 Å². The lowest BCUT2D eigenvalue weighted by Crippen LogP contribution is -2.49. The van der Waals surface area contributed by atoms with Crippen LogP contribution in [0.15, 0.2) is 12.4 Å². The minimum Gasteiger partial charge on any atom is -0.341 e. The van der Waals surface area contributed by atoms with Crippen LogP contribution in [0.1, 0.15) is 10.6 Å². The molecule has 1 saturated heterocycles. The van der Waals surface area contributed by atoms with Crippen LogP contribution >= 0.6 is 23.6 Å². The van der Waals surface area contributed by atoms with Crippen molar-refractivity contribution in [1.29, 1.82) is 0 Å². The highest BCUT2D eigenvalue weighted by Crippen LogP contribution is 2.18. The number of aromatic amines is 1. The Hall–Kier alpha value is -1.67. The Morgan fingerprint density at radius 2 is 2.14 bits per heavy atom. The van der Waals surface area contributed by atoms with Crippen LogP contribution in [-0.2, 0) is 18.3 Å². The maximum absolute atomic E-state index is 12.4. The first-order chi connectivity index (χ1) is 10.5. The largest absolute Gasteiger partial charge is 0.341 e. The molecule has 2 aromatic rings. The molecule has 0 unspecified atom stereocenters. The van der Waals surface area contributed by atoms with Crippen molar-refractivity contribution in [1.82, 2.24) is 19.4 Å². The summed E-state index contributed by atoms with van der Waals surface area (Å²) in [7, 11) is 1.99. The third-order valence-electron chi connectivity index (χ3n) is 3.95. The summed E-state index contributed by atoms with van der Waals surface area (Å²) < 4.78 is 2.74. The van der Waals surface area contributed by atoms with Gasteiger partial charge in [0.15, 0.2) is 3.95 Å². The van der Waals surface area contributed by atoms with Crippen molar-refractivity contribution < 1.29 is 4.79 Å². The molecule has 1 aliphatic heterocycles. The van der Waals surface area contributed by atoms with Gasteiger partial charge in [-0.3, -0.25) is 4.79 Å². The minimum absolute atomic E-state index is 0.174. The molecule has 8 heteroatoms. The summed E-state index contributed by atoms with van der Waals surface area (Å²) in [6.07, 6.45) is 4.18. The SMILES string of the molecule is Cc1[nH]c(=S)sc1CC(=O)N1CCN(c2nccn2C)CC1. The number of anilines is 1. The van der Waals surface area contributed by atoms with Crippen LogP contribution in [0.4, 0.5) is 5.95 Å². The Labute approximate surface area is 138 Å². The highest BCUT2D eigenvalue weighted by Gasteiger charge is 2.23. The van der Waals surface area contributed by atoms with Gasteiger partial charge >= 0.3 is 0 Å². The number of amides is 1. The van der Waals surface area contributed by atoms with E-state index in [2.05, 4.69) is 14.9 Å². The van der Waals surface area contributed by atoms with Crippen molar-refractivity contribution in [2.45, 2.75) is 13.3 Å². The van der Waals surface area contributed by atoms with E-state index in [0.29, 0.717) is 6.42 Å². The fourth-order valence-electron chi connectivity index (χ4n) is 2.67. The predicted octanol–water partition coefficient (Wildman–Crippen LogP) is 1.74. The first-order valence-corrected chi connectivity index (χ1v) is 8.45.